The molecule has 0 amide bonds. The minimum Gasteiger partial charge on any atom is -0.467 e. The van der Waals surface area contributed by atoms with Gasteiger partial charge in [0.25, 0.3) is 0 Å². The van der Waals surface area contributed by atoms with E-state index in [0.29, 0.717) is 47.9 Å². The fourth-order valence-electron chi connectivity index (χ4n) is 2.87. The van der Waals surface area contributed by atoms with Gasteiger partial charge < -0.3 is 14.5 Å². The zero-order valence-electron chi connectivity index (χ0n) is 16.4. The van der Waals surface area contributed by atoms with Crippen molar-refractivity contribution in [2.75, 3.05) is 37.4 Å². The van der Waals surface area contributed by atoms with Crippen molar-refractivity contribution in [3.63, 3.8) is 0 Å². The number of rotatable bonds is 9. The van der Waals surface area contributed by atoms with E-state index in [0.717, 1.165) is 5.76 Å². The molecule has 164 valence electrons. The number of aromatic nitrogens is 2. The average Bonchev–Trinajstić information content (AvgIpc) is 3.49. The third-order valence-electron chi connectivity index (χ3n) is 4.51. The van der Waals surface area contributed by atoms with Crippen molar-refractivity contribution in [3.05, 3.63) is 54.0 Å². The molecule has 3 heterocycles. The van der Waals surface area contributed by atoms with Gasteiger partial charge in [-0.1, -0.05) is 35.2 Å². The Balaban J connectivity index is 1.31. The van der Waals surface area contributed by atoms with Crippen LogP contribution in [0.2, 0.25) is 0 Å². The second-order valence-electron chi connectivity index (χ2n) is 6.56. The van der Waals surface area contributed by atoms with Crippen LogP contribution in [-0.4, -0.2) is 60.8 Å². The Labute approximate surface area is 187 Å². The summed E-state index contributed by atoms with van der Waals surface area (Å²) in [4.78, 5) is 12.7. The molecule has 0 radical (unpaired) electrons. The van der Waals surface area contributed by atoms with Gasteiger partial charge in [0.15, 0.2) is 10.1 Å². The van der Waals surface area contributed by atoms with Crippen molar-refractivity contribution >= 4 is 44.0 Å². The van der Waals surface area contributed by atoms with Gasteiger partial charge >= 0.3 is 0 Å². The summed E-state index contributed by atoms with van der Waals surface area (Å²) >= 11 is 2.65. The highest BCUT2D eigenvalue weighted by atomic mass is 32.2. The van der Waals surface area contributed by atoms with E-state index in [2.05, 4.69) is 15.5 Å². The van der Waals surface area contributed by atoms with E-state index >= 15 is 0 Å². The van der Waals surface area contributed by atoms with Crippen LogP contribution in [0.4, 0.5) is 5.13 Å². The van der Waals surface area contributed by atoms with Crippen LogP contribution < -0.4 is 5.32 Å². The maximum atomic E-state index is 12.7. The van der Waals surface area contributed by atoms with Crippen LogP contribution in [0.3, 0.4) is 0 Å². The van der Waals surface area contributed by atoms with Crippen LogP contribution in [0.15, 0.2) is 56.3 Å². The number of morpholine rings is 1. The quantitative estimate of drug-likeness (QED) is 0.365. The predicted octanol–water partition coefficient (Wildman–Crippen LogP) is 2.74. The minimum atomic E-state index is -3.57. The van der Waals surface area contributed by atoms with Crippen molar-refractivity contribution in [1.29, 1.82) is 0 Å². The lowest BCUT2D eigenvalue weighted by Crippen LogP contribution is -2.40. The second-order valence-corrected chi connectivity index (χ2v) is 10.7. The number of nitrogens with one attached hydrogen (secondary N) is 1. The number of Topliss-reactive ketones (excluding diaryl/α,β-unsaturated/α-hetero) is 1. The Bertz CT molecular complexity index is 1110. The van der Waals surface area contributed by atoms with Crippen molar-refractivity contribution < 1.29 is 22.4 Å². The van der Waals surface area contributed by atoms with Crippen molar-refractivity contribution in [1.82, 2.24) is 14.5 Å². The number of ketones is 1. The maximum Gasteiger partial charge on any atom is 0.243 e. The molecule has 1 fully saturated rings. The van der Waals surface area contributed by atoms with Crippen molar-refractivity contribution in [2.24, 2.45) is 0 Å². The number of sulfonamides is 1. The summed E-state index contributed by atoms with van der Waals surface area (Å²) in [6.45, 7) is 1.95. The van der Waals surface area contributed by atoms with E-state index in [4.69, 9.17) is 9.15 Å². The number of ether oxygens (including phenoxy) is 1. The van der Waals surface area contributed by atoms with E-state index in [1.807, 2.05) is 12.1 Å². The number of thioether (sulfide) groups is 1. The number of anilines is 1. The van der Waals surface area contributed by atoms with Gasteiger partial charge in [-0.3, -0.25) is 4.79 Å². The molecule has 1 aliphatic heterocycles. The summed E-state index contributed by atoms with van der Waals surface area (Å²) in [6, 6.07) is 9.72. The van der Waals surface area contributed by atoms with E-state index in [-0.39, 0.29) is 16.4 Å². The highest BCUT2D eigenvalue weighted by Crippen LogP contribution is 2.27. The van der Waals surface area contributed by atoms with Gasteiger partial charge in [0.2, 0.25) is 15.2 Å². The van der Waals surface area contributed by atoms with Gasteiger partial charge in [0.1, 0.15) is 5.76 Å². The molecule has 9 nitrogen and oxygen atoms in total. The summed E-state index contributed by atoms with van der Waals surface area (Å²) in [5.41, 5.74) is 0.453. The first-order chi connectivity index (χ1) is 15.0. The van der Waals surface area contributed by atoms with E-state index in [1.54, 1.807) is 18.4 Å². The molecule has 31 heavy (non-hydrogen) atoms. The first kappa shape index (κ1) is 22.0. The highest BCUT2D eigenvalue weighted by Gasteiger charge is 2.26. The largest absolute Gasteiger partial charge is 0.467 e. The molecule has 4 rings (SSSR count). The number of benzene rings is 1. The Kier molecular flexibility index (Phi) is 7.02. The Morgan fingerprint density at radius 2 is 1.94 bits per heavy atom. The summed E-state index contributed by atoms with van der Waals surface area (Å²) in [6.07, 6.45) is 1.61. The molecule has 3 aromatic rings. The summed E-state index contributed by atoms with van der Waals surface area (Å²) < 4.78 is 37.9. The van der Waals surface area contributed by atoms with Crippen molar-refractivity contribution in [3.8, 4) is 0 Å². The zero-order chi connectivity index (χ0) is 21.7. The molecule has 0 saturated carbocycles. The highest BCUT2D eigenvalue weighted by molar-refractivity contribution is 8.01. The van der Waals surface area contributed by atoms with E-state index < -0.39 is 10.0 Å². The van der Waals surface area contributed by atoms with Crippen molar-refractivity contribution in [2.45, 2.75) is 15.8 Å². The molecular formula is C19H20N4O5S3. The third-order valence-corrected chi connectivity index (χ3v) is 8.44. The lowest BCUT2D eigenvalue weighted by atomic mass is 10.1. The van der Waals surface area contributed by atoms with Crippen LogP contribution in [0.1, 0.15) is 16.1 Å². The SMILES string of the molecule is O=C(CSc1nnc(NCc2ccco2)s1)c1ccc(S(=O)(=O)N2CCOCC2)cc1. The Morgan fingerprint density at radius 1 is 1.16 bits per heavy atom. The smallest absolute Gasteiger partial charge is 0.243 e. The van der Waals surface area contributed by atoms with Gasteiger partial charge in [-0.15, -0.1) is 10.2 Å². The monoisotopic (exact) mass is 480 g/mol. The van der Waals surface area contributed by atoms with Gasteiger partial charge in [-0.25, -0.2) is 8.42 Å². The average molecular weight is 481 g/mol. The molecule has 0 atom stereocenters. The molecule has 2 aromatic heterocycles. The molecule has 0 bridgehead atoms. The lowest BCUT2D eigenvalue weighted by molar-refractivity contribution is 0.0730. The lowest BCUT2D eigenvalue weighted by Gasteiger charge is -2.26. The molecule has 1 aliphatic rings. The molecular weight excluding hydrogens is 460 g/mol. The third kappa shape index (κ3) is 5.52. The molecule has 1 N–H and O–H groups in total. The molecule has 0 unspecified atom stereocenters. The summed E-state index contributed by atoms with van der Waals surface area (Å²) in [5.74, 6) is 0.863. The summed E-state index contributed by atoms with van der Waals surface area (Å²) in [5, 5.41) is 11.9. The first-order valence-corrected chi connectivity index (χ1v) is 12.7. The van der Waals surface area contributed by atoms with E-state index in [1.165, 1.54) is 39.5 Å². The Hall–Kier alpha value is -2.25. The first-order valence-electron chi connectivity index (χ1n) is 9.46. The fourth-order valence-corrected chi connectivity index (χ4v) is 5.92. The molecule has 0 aliphatic carbocycles. The zero-order valence-corrected chi connectivity index (χ0v) is 18.8. The fraction of sp³-hybridized carbons (Fsp3) is 0.316. The van der Waals surface area contributed by atoms with E-state index in [9.17, 15) is 13.2 Å². The van der Waals surface area contributed by atoms with Crippen LogP contribution in [0.25, 0.3) is 0 Å². The van der Waals surface area contributed by atoms with Crippen LogP contribution in [0.5, 0.6) is 0 Å². The van der Waals surface area contributed by atoms with Crippen LogP contribution >= 0.6 is 23.1 Å². The summed E-state index contributed by atoms with van der Waals surface area (Å²) in [7, 11) is -3.57. The Morgan fingerprint density at radius 3 is 2.65 bits per heavy atom. The second kappa shape index (κ2) is 9.92. The number of carbonyl (C=O) groups is 1. The predicted molar refractivity (Wildman–Crippen MR) is 117 cm³/mol. The van der Waals surface area contributed by atoms with Crippen LogP contribution in [-0.2, 0) is 21.3 Å². The molecule has 0 spiro atoms. The van der Waals surface area contributed by atoms with Gasteiger partial charge in [0.05, 0.1) is 36.7 Å². The number of nitrogens with zero attached hydrogens (tertiary/aromatic N) is 3. The van der Waals surface area contributed by atoms with Gasteiger partial charge in [0, 0.05) is 18.7 Å². The number of furan rings is 1. The topological polar surface area (TPSA) is 115 Å². The molecule has 1 saturated heterocycles. The number of hydrogen-bond acceptors (Lipinski definition) is 10. The standard InChI is InChI=1S/C19H20N4O5S3/c24-17(13-29-19-22-21-18(30-19)20-12-15-2-1-9-28-15)14-3-5-16(6-4-14)31(25,26)23-7-10-27-11-8-23/h1-6,9H,7-8,10-13H2,(H,20,21). The van der Waals surface area contributed by atoms with Crippen LogP contribution in [0, 0.1) is 0 Å². The number of carbonyl (C=O) groups excluding carboxylic acids is 1. The molecule has 12 heteroatoms. The molecule has 1 aromatic carbocycles. The normalized spacial score (nSPS) is 15.1. The number of hydrogen-bond donors (Lipinski definition) is 1. The van der Waals surface area contributed by atoms with Gasteiger partial charge in [-0.2, -0.15) is 4.31 Å². The van der Waals surface area contributed by atoms with Gasteiger partial charge in [-0.05, 0) is 24.3 Å². The maximum absolute atomic E-state index is 12.7. The minimum absolute atomic E-state index is 0.111.